The average molecular weight is 424 g/mol. The van der Waals surface area contributed by atoms with Crippen molar-refractivity contribution in [3.8, 4) is 5.75 Å². The molecule has 1 aliphatic heterocycles. The second-order valence-corrected chi connectivity index (χ2v) is 13.9. The van der Waals surface area contributed by atoms with Gasteiger partial charge in [0.2, 0.25) is 0 Å². The first-order valence-electron chi connectivity index (χ1n) is 10.00. The van der Waals surface area contributed by atoms with Crippen molar-refractivity contribution >= 4 is 20.4 Å². The molecular formula is C21H33NO6Si. The van der Waals surface area contributed by atoms with E-state index in [9.17, 15) is 14.7 Å². The molecule has 2 unspecified atom stereocenters. The van der Waals surface area contributed by atoms with Crippen LogP contribution in [0.15, 0.2) is 24.3 Å². The van der Waals surface area contributed by atoms with Gasteiger partial charge in [-0.05, 0) is 42.2 Å². The minimum absolute atomic E-state index is 0.0123. The molecule has 1 aliphatic rings. The third-order valence-corrected chi connectivity index (χ3v) is 10.7. The van der Waals surface area contributed by atoms with Gasteiger partial charge in [0, 0.05) is 19.0 Å². The molecule has 2 atom stereocenters. The van der Waals surface area contributed by atoms with E-state index in [-0.39, 0.29) is 17.5 Å². The summed E-state index contributed by atoms with van der Waals surface area (Å²) in [6, 6.07) is 7.43. The zero-order valence-corrected chi connectivity index (χ0v) is 19.0. The van der Waals surface area contributed by atoms with Crippen LogP contribution >= 0.6 is 0 Å². The summed E-state index contributed by atoms with van der Waals surface area (Å²) in [5, 5.41) is 18.8. The number of carboxylic acid groups (broad SMARTS) is 2. The molecule has 162 valence electrons. The van der Waals surface area contributed by atoms with Crippen LogP contribution in [-0.2, 0) is 9.22 Å². The number of ether oxygens (including phenoxy) is 1. The topological polar surface area (TPSA) is 96.3 Å². The minimum atomic E-state index is -1.79. The van der Waals surface area contributed by atoms with Gasteiger partial charge in [0.1, 0.15) is 12.4 Å². The van der Waals surface area contributed by atoms with Gasteiger partial charge in [0.25, 0.3) is 0 Å². The van der Waals surface area contributed by atoms with Crippen molar-refractivity contribution in [2.75, 3.05) is 26.3 Å². The van der Waals surface area contributed by atoms with Gasteiger partial charge in [0.05, 0.1) is 12.5 Å². The summed E-state index contributed by atoms with van der Waals surface area (Å²) in [5.41, 5.74) is 0.896. The molecule has 1 aromatic rings. The van der Waals surface area contributed by atoms with Crippen LogP contribution in [0.25, 0.3) is 0 Å². The number of rotatable bonds is 7. The predicted octanol–water partition coefficient (Wildman–Crippen LogP) is 4.26. The van der Waals surface area contributed by atoms with Crippen molar-refractivity contribution in [1.82, 2.24) is 4.90 Å². The van der Waals surface area contributed by atoms with Crippen molar-refractivity contribution in [3.63, 3.8) is 0 Å². The van der Waals surface area contributed by atoms with Crippen LogP contribution in [0.5, 0.6) is 5.75 Å². The lowest BCUT2D eigenvalue weighted by molar-refractivity contribution is -0.144. The predicted molar refractivity (Wildman–Crippen MR) is 113 cm³/mol. The van der Waals surface area contributed by atoms with E-state index in [2.05, 4.69) is 33.9 Å². The van der Waals surface area contributed by atoms with Crippen molar-refractivity contribution in [3.05, 3.63) is 29.8 Å². The second-order valence-electron chi connectivity index (χ2n) is 9.09. The smallest absolute Gasteiger partial charge is 0.407 e. The van der Waals surface area contributed by atoms with Gasteiger partial charge in [-0.1, -0.05) is 32.9 Å². The molecule has 0 saturated carbocycles. The van der Waals surface area contributed by atoms with E-state index in [4.69, 9.17) is 14.3 Å². The average Bonchev–Trinajstić information content (AvgIpc) is 2.64. The molecule has 0 aliphatic carbocycles. The quantitative estimate of drug-likeness (QED) is 0.503. The molecule has 0 spiro atoms. The highest BCUT2D eigenvalue weighted by Gasteiger charge is 2.37. The van der Waals surface area contributed by atoms with Gasteiger partial charge in [-0.3, -0.25) is 4.79 Å². The van der Waals surface area contributed by atoms with E-state index in [0.29, 0.717) is 31.9 Å². The highest BCUT2D eigenvalue weighted by atomic mass is 28.4. The van der Waals surface area contributed by atoms with Gasteiger partial charge in [-0.25, -0.2) is 4.79 Å². The van der Waals surface area contributed by atoms with Gasteiger partial charge in [-0.2, -0.15) is 0 Å². The molecular weight excluding hydrogens is 390 g/mol. The summed E-state index contributed by atoms with van der Waals surface area (Å²) in [5.74, 6) is -1.21. The lowest BCUT2D eigenvalue weighted by atomic mass is 9.80. The van der Waals surface area contributed by atoms with Gasteiger partial charge < -0.3 is 24.3 Å². The minimum Gasteiger partial charge on any atom is -0.491 e. The van der Waals surface area contributed by atoms with E-state index in [1.165, 1.54) is 4.90 Å². The summed E-state index contributed by atoms with van der Waals surface area (Å²) in [7, 11) is -1.79. The summed E-state index contributed by atoms with van der Waals surface area (Å²) in [6.07, 6.45) is -0.581. The number of hydrogen-bond donors (Lipinski definition) is 2. The van der Waals surface area contributed by atoms with Crippen LogP contribution in [0.3, 0.4) is 0 Å². The second kappa shape index (κ2) is 9.17. The first-order valence-corrected chi connectivity index (χ1v) is 12.9. The summed E-state index contributed by atoms with van der Waals surface area (Å²) in [6.45, 7) is 12.4. The molecule has 2 N–H and O–H groups in total. The van der Waals surface area contributed by atoms with Crippen molar-refractivity contribution in [2.24, 2.45) is 5.92 Å². The zero-order valence-electron chi connectivity index (χ0n) is 18.0. The fourth-order valence-electron chi connectivity index (χ4n) is 3.26. The van der Waals surface area contributed by atoms with Crippen molar-refractivity contribution < 1.29 is 29.0 Å². The number of carbonyl (C=O) groups is 2. The summed E-state index contributed by atoms with van der Waals surface area (Å²) in [4.78, 5) is 24.0. The Bertz CT molecular complexity index is 713. The fourth-order valence-corrected chi connectivity index (χ4v) is 4.29. The van der Waals surface area contributed by atoms with Crippen LogP contribution < -0.4 is 4.74 Å². The third kappa shape index (κ3) is 5.96. The van der Waals surface area contributed by atoms with Gasteiger partial charge in [0.15, 0.2) is 8.32 Å². The SMILES string of the molecule is CC(C)(C)[Si](C)(C)OCCOc1ccc(C2CCN(C(=O)O)CC2C(=O)O)cc1. The van der Waals surface area contributed by atoms with Crippen molar-refractivity contribution in [2.45, 2.75) is 51.2 Å². The monoisotopic (exact) mass is 423 g/mol. The molecule has 1 fully saturated rings. The van der Waals surface area contributed by atoms with E-state index < -0.39 is 26.3 Å². The number of benzene rings is 1. The number of amides is 1. The number of hydrogen-bond acceptors (Lipinski definition) is 4. The molecule has 1 heterocycles. The Hall–Kier alpha value is -2.06. The van der Waals surface area contributed by atoms with Crippen molar-refractivity contribution in [1.29, 1.82) is 0 Å². The number of nitrogens with zero attached hydrogens (tertiary/aromatic N) is 1. The first kappa shape index (κ1) is 23.2. The zero-order chi connectivity index (χ0) is 21.8. The third-order valence-electron chi connectivity index (χ3n) is 6.13. The lowest BCUT2D eigenvalue weighted by Crippen LogP contribution is -2.45. The largest absolute Gasteiger partial charge is 0.491 e. The molecule has 1 amide bonds. The molecule has 8 heteroatoms. The normalized spacial score (nSPS) is 20.4. The molecule has 2 rings (SSSR count). The van der Waals surface area contributed by atoms with Crippen LogP contribution in [0.2, 0.25) is 18.1 Å². The van der Waals surface area contributed by atoms with E-state index in [1.807, 2.05) is 24.3 Å². The highest BCUT2D eigenvalue weighted by Crippen LogP contribution is 2.36. The maximum atomic E-state index is 11.6. The standard InChI is InChI=1S/C21H33NO6Si/c1-21(2,3)29(4,5)28-13-12-27-16-8-6-15(7-9-16)17-10-11-22(20(25)26)14-18(17)19(23)24/h6-9,17-18H,10-14H2,1-5H3,(H,23,24)(H,25,26). The maximum absolute atomic E-state index is 11.6. The number of aliphatic carboxylic acids is 1. The van der Waals surface area contributed by atoms with E-state index in [1.54, 1.807) is 0 Å². The highest BCUT2D eigenvalue weighted by molar-refractivity contribution is 6.74. The molecule has 1 saturated heterocycles. The van der Waals surface area contributed by atoms with E-state index in [0.717, 1.165) is 5.56 Å². The lowest BCUT2D eigenvalue weighted by Gasteiger charge is -2.36. The molecule has 0 aromatic heterocycles. The Kier molecular flexibility index (Phi) is 7.34. The van der Waals surface area contributed by atoms with Gasteiger partial charge in [-0.15, -0.1) is 0 Å². The first-order chi connectivity index (χ1) is 13.4. The van der Waals surface area contributed by atoms with E-state index >= 15 is 0 Å². The van der Waals surface area contributed by atoms with Crippen LogP contribution in [-0.4, -0.2) is 61.8 Å². The Labute approximate surface area is 173 Å². The Morgan fingerprint density at radius 1 is 1.14 bits per heavy atom. The maximum Gasteiger partial charge on any atom is 0.407 e. The molecule has 0 radical (unpaired) electrons. The molecule has 7 nitrogen and oxygen atoms in total. The number of carboxylic acids is 1. The van der Waals surface area contributed by atoms with Gasteiger partial charge >= 0.3 is 12.1 Å². The number of piperidine rings is 1. The molecule has 1 aromatic carbocycles. The fraction of sp³-hybridized carbons (Fsp3) is 0.619. The van der Waals surface area contributed by atoms with Crippen LogP contribution in [0.4, 0.5) is 4.79 Å². The van der Waals surface area contributed by atoms with Crippen LogP contribution in [0, 0.1) is 5.92 Å². The Morgan fingerprint density at radius 2 is 1.76 bits per heavy atom. The summed E-state index contributed by atoms with van der Waals surface area (Å²) >= 11 is 0. The molecule has 29 heavy (non-hydrogen) atoms. The molecule has 0 bridgehead atoms. The Morgan fingerprint density at radius 3 is 2.28 bits per heavy atom. The Balaban J connectivity index is 1.92. The number of likely N-dealkylation sites (tertiary alicyclic amines) is 1. The van der Waals surface area contributed by atoms with Crippen LogP contribution in [0.1, 0.15) is 38.7 Å². The summed E-state index contributed by atoms with van der Waals surface area (Å²) < 4.78 is 11.9.